The van der Waals surface area contributed by atoms with Gasteiger partial charge in [-0.2, -0.15) is 4.98 Å². The van der Waals surface area contributed by atoms with E-state index in [2.05, 4.69) is 27.5 Å². The van der Waals surface area contributed by atoms with Crippen LogP contribution in [0.25, 0.3) is 0 Å². The van der Waals surface area contributed by atoms with Crippen molar-refractivity contribution in [3.8, 4) is 5.88 Å². The standard InChI is InChI=1S/C9H12N4O2S/c1-5-3-8(15-2)13-9(11-5)12-7(14)4-6(10)16/h3H,4H2,1-2H3,(H2,10,16)(H,11,12,13,14). The molecule has 0 aliphatic heterocycles. The molecule has 0 radical (unpaired) electrons. The van der Waals surface area contributed by atoms with Crippen LogP contribution in [0.15, 0.2) is 6.07 Å². The van der Waals surface area contributed by atoms with E-state index in [9.17, 15) is 4.79 Å². The van der Waals surface area contributed by atoms with Crippen LogP contribution in [-0.4, -0.2) is 28.0 Å². The van der Waals surface area contributed by atoms with Gasteiger partial charge in [0.15, 0.2) is 0 Å². The monoisotopic (exact) mass is 240 g/mol. The number of nitrogens with two attached hydrogens (primary N) is 1. The summed E-state index contributed by atoms with van der Waals surface area (Å²) in [4.78, 5) is 19.4. The van der Waals surface area contributed by atoms with Gasteiger partial charge in [0.05, 0.1) is 18.5 Å². The zero-order valence-electron chi connectivity index (χ0n) is 8.98. The molecule has 1 amide bonds. The van der Waals surface area contributed by atoms with Gasteiger partial charge in [0.1, 0.15) is 0 Å². The average Bonchev–Trinajstić information content (AvgIpc) is 2.14. The lowest BCUT2D eigenvalue weighted by atomic mass is 10.4. The second-order valence-corrected chi connectivity index (χ2v) is 3.59. The van der Waals surface area contributed by atoms with E-state index in [-0.39, 0.29) is 23.3 Å². The number of rotatable bonds is 4. The van der Waals surface area contributed by atoms with E-state index in [1.54, 1.807) is 13.0 Å². The third kappa shape index (κ3) is 3.77. The van der Waals surface area contributed by atoms with Crippen molar-refractivity contribution < 1.29 is 9.53 Å². The number of nitrogens with one attached hydrogen (secondary N) is 1. The Bertz CT molecular complexity index is 422. The largest absolute Gasteiger partial charge is 0.481 e. The maximum absolute atomic E-state index is 11.3. The van der Waals surface area contributed by atoms with E-state index < -0.39 is 0 Å². The molecule has 1 heterocycles. The number of ether oxygens (including phenoxy) is 1. The number of aryl methyl sites for hydroxylation is 1. The second kappa shape index (κ2) is 5.36. The molecule has 1 aromatic heterocycles. The first kappa shape index (κ1) is 12.3. The highest BCUT2D eigenvalue weighted by atomic mass is 32.1. The molecule has 0 bridgehead atoms. The van der Waals surface area contributed by atoms with Crippen molar-refractivity contribution in [2.24, 2.45) is 5.73 Å². The number of amides is 1. The molecule has 0 aromatic carbocycles. The highest BCUT2D eigenvalue weighted by Crippen LogP contribution is 2.11. The summed E-state index contributed by atoms with van der Waals surface area (Å²) in [5, 5.41) is 2.48. The van der Waals surface area contributed by atoms with Crippen molar-refractivity contribution in [2.75, 3.05) is 12.4 Å². The molecule has 0 unspecified atom stereocenters. The number of hydrogen-bond acceptors (Lipinski definition) is 5. The Balaban J connectivity index is 2.76. The van der Waals surface area contributed by atoms with Gasteiger partial charge in [-0.15, -0.1) is 0 Å². The first-order valence-corrected chi connectivity index (χ1v) is 4.90. The van der Waals surface area contributed by atoms with E-state index in [0.29, 0.717) is 11.6 Å². The van der Waals surface area contributed by atoms with Gasteiger partial charge in [-0.05, 0) is 6.92 Å². The van der Waals surface area contributed by atoms with E-state index in [1.165, 1.54) is 7.11 Å². The molecular weight excluding hydrogens is 228 g/mol. The molecule has 0 spiro atoms. The lowest BCUT2D eigenvalue weighted by molar-refractivity contribution is -0.115. The molecule has 16 heavy (non-hydrogen) atoms. The fourth-order valence-electron chi connectivity index (χ4n) is 1.03. The van der Waals surface area contributed by atoms with Crippen LogP contribution < -0.4 is 15.8 Å². The van der Waals surface area contributed by atoms with Crippen LogP contribution in [-0.2, 0) is 4.79 Å². The third-order valence-electron chi connectivity index (χ3n) is 1.63. The summed E-state index contributed by atoms with van der Waals surface area (Å²) in [6, 6.07) is 1.66. The summed E-state index contributed by atoms with van der Waals surface area (Å²) < 4.78 is 4.95. The Hall–Kier alpha value is -1.76. The van der Waals surface area contributed by atoms with Crippen LogP contribution in [0.4, 0.5) is 5.95 Å². The smallest absolute Gasteiger partial charge is 0.233 e. The molecule has 0 fully saturated rings. The summed E-state index contributed by atoms with van der Waals surface area (Å²) in [7, 11) is 1.49. The van der Waals surface area contributed by atoms with Gasteiger partial charge in [-0.3, -0.25) is 10.1 Å². The molecule has 1 aromatic rings. The molecule has 0 atom stereocenters. The Labute approximate surface area is 98.2 Å². The Kier molecular flexibility index (Phi) is 4.12. The number of methoxy groups -OCH3 is 1. The minimum atomic E-state index is -0.347. The Morgan fingerprint density at radius 1 is 1.62 bits per heavy atom. The maximum Gasteiger partial charge on any atom is 0.233 e. The average molecular weight is 240 g/mol. The van der Waals surface area contributed by atoms with Crippen molar-refractivity contribution in [3.63, 3.8) is 0 Å². The molecule has 6 nitrogen and oxygen atoms in total. The highest BCUT2D eigenvalue weighted by Gasteiger charge is 2.07. The minimum absolute atomic E-state index is 0.0328. The summed E-state index contributed by atoms with van der Waals surface area (Å²) in [6.07, 6.45) is -0.0328. The summed E-state index contributed by atoms with van der Waals surface area (Å²) in [5.41, 5.74) is 5.93. The van der Waals surface area contributed by atoms with Crippen LogP contribution in [0.2, 0.25) is 0 Å². The predicted octanol–water partition coefficient (Wildman–Crippen LogP) is 0.408. The van der Waals surface area contributed by atoms with E-state index in [0.717, 1.165) is 0 Å². The first-order valence-electron chi connectivity index (χ1n) is 4.49. The molecule has 7 heteroatoms. The van der Waals surface area contributed by atoms with Crippen LogP contribution in [0.5, 0.6) is 5.88 Å². The van der Waals surface area contributed by atoms with Gasteiger partial charge in [0.2, 0.25) is 17.7 Å². The molecule has 0 saturated carbocycles. The third-order valence-corrected chi connectivity index (χ3v) is 1.77. The number of carbonyl (C=O) groups is 1. The summed E-state index contributed by atoms with van der Waals surface area (Å²) >= 11 is 4.61. The van der Waals surface area contributed by atoms with Gasteiger partial charge in [0.25, 0.3) is 0 Å². The number of carbonyl (C=O) groups excluding carboxylic acids is 1. The molecule has 86 valence electrons. The van der Waals surface area contributed by atoms with Crippen LogP contribution in [0.1, 0.15) is 12.1 Å². The van der Waals surface area contributed by atoms with E-state index >= 15 is 0 Å². The second-order valence-electron chi connectivity index (χ2n) is 3.07. The number of nitrogens with zero attached hydrogens (tertiary/aromatic N) is 2. The Morgan fingerprint density at radius 3 is 2.88 bits per heavy atom. The zero-order chi connectivity index (χ0) is 12.1. The van der Waals surface area contributed by atoms with Gasteiger partial charge < -0.3 is 10.5 Å². The molecule has 0 aliphatic carbocycles. The number of anilines is 1. The van der Waals surface area contributed by atoms with Crippen LogP contribution >= 0.6 is 12.2 Å². The highest BCUT2D eigenvalue weighted by molar-refractivity contribution is 7.80. The van der Waals surface area contributed by atoms with Gasteiger partial charge >= 0.3 is 0 Å². The summed E-state index contributed by atoms with van der Waals surface area (Å²) in [5.74, 6) is 0.219. The topological polar surface area (TPSA) is 90.1 Å². The van der Waals surface area contributed by atoms with Crippen LogP contribution in [0.3, 0.4) is 0 Å². The van der Waals surface area contributed by atoms with E-state index in [4.69, 9.17) is 10.5 Å². The quantitative estimate of drug-likeness (QED) is 0.741. The minimum Gasteiger partial charge on any atom is -0.481 e. The normalized spacial score (nSPS) is 9.62. The fourth-order valence-corrected chi connectivity index (χ4v) is 1.16. The van der Waals surface area contributed by atoms with Gasteiger partial charge in [0, 0.05) is 11.8 Å². The molecule has 0 aliphatic rings. The number of thiocarbonyl (C=S) groups is 1. The van der Waals surface area contributed by atoms with Crippen molar-refractivity contribution in [1.29, 1.82) is 0 Å². The van der Waals surface area contributed by atoms with Gasteiger partial charge in [-0.1, -0.05) is 12.2 Å². The summed E-state index contributed by atoms with van der Waals surface area (Å²) in [6.45, 7) is 1.77. The number of hydrogen-bond donors (Lipinski definition) is 2. The predicted molar refractivity (Wildman–Crippen MR) is 63.4 cm³/mol. The zero-order valence-corrected chi connectivity index (χ0v) is 9.80. The first-order chi connectivity index (χ1) is 7.51. The molecule has 0 saturated heterocycles. The molecule has 3 N–H and O–H groups in total. The Morgan fingerprint density at radius 2 is 2.31 bits per heavy atom. The van der Waals surface area contributed by atoms with Crippen molar-refractivity contribution in [2.45, 2.75) is 13.3 Å². The lowest BCUT2D eigenvalue weighted by Gasteiger charge is -2.05. The van der Waals surface area contributed by atoms with Crippen molar-refractivity contribution in [3.05, 3.63) is 11.8 Å². The maximum atomic E-state index is 11.3. The molecule has 1 rings (SSSR count). The van der Waals surface area contributed by atoms with Crippen molar-refractivity contribution >= 4 is 29.1 Å². The SMILES string of the molecule is COc1cc(C)nc(NC(=O)CC(N)=S)n1. The van der Waals surface area contributed by atoms with Crippen molar-refractivity contribution in [1.82, 2.24) is 9.97 Å². The van der Waals surface area contributed by atoms with E-state index in [1.807, 2.05) is 0 Å². The fraction of sp³-hybridized carbons (Fsp3) is 0.333. The number of aromatic nitrogens is 2. The van der Waals surface area contributed by atoms with Gasteiger partial charge in [-0.25, -0.2) is 4.98 Å². The molecular formula is C9H12N4O2S. The van der Waals surface area contributed by atoms with Crippen LogP contribution in [0, 0.1) is 6.92 Å². The lowest BCUT2D eigenvalue weighted by Crippen LogP contribution is -2.21.